The minimum Gasteiger partial charge on any atom is -0.354 e. The quantitative estimate of drug-likeness (QED) is 0.607. The zero-order valence-corrected chi connectivity index (χ0v) is 19.1. The highest BCUT2D eigenvalue weighted by Gasteiger charge is 2.19. The maximum atomic E-state index is 4.36. The Labute approximate surface area is 187 Å². The van der Waals surface area contributed by atoms with Crippen LogP contribution in [0.4, 0.5) is 5.82 Å². The van der Waals surface area contributed by atoms with Gasteiger partial charge in [0.25, 0.3) is 0 Å². The van der Waals surface area contributed by atoms with Crippen molar-refractivity contribution in [2.75, 3.05) is 57.8 Å². The van der Waals surface area contributed by atoms with Gasteiger partial charge in [0, 0.05) is 32.4 Å². The number of benzene rings is 2. The second-order valence-electron chi connectivity index (χ2n) is 8.76. The van der Waals surface area contributed by atoms with Gasteiger partial charge in [-0.2, -0.15) is 0 Å². The van der Waals surface area contributed by atoms with Gasteiger partial charge in [-0.05, 0) is 73.9 Å². The number of anilines is 1. The molecular weight excluding hydrogens is 380 g/mol. The average Bonchev–Trinajstić information content (AvgIpc) is 2.85. The zero-order valence-electron chi connectivity index (χ0n) is 19.1. The minimum absolute atomic E-state index is 0.747. The standard InChI is InChI=1S/C16H19N.C11H17N3/c1-17-11-9-14(10-12-17)16-8-4-6-13-5-2-3-7-15(13)16;1-2-13-7-9-14(10-8-13)11-5-3-4-6-12-11/h2-8,14H,9-12H2,1H3;3-6H,2,7-10H2,1H3. The molecule has 2 saturated heterocycles. The first kappa shape index (κ1) is 21.8. The first-order chi connectivity index (χ1) is 15.2. The Morgan fingerprint density at radius 1 is 0.806 bits per heavy atom. The van der Waals surface area contributed by atoms with Gasteiger partial charge in [-0.25, -0.2) is 4.98 Å². The number of pyridine rings is 1. The molecule has 4 nitrogen and oxygen atoms in total. The van der Waals surface area contributed by atoms with Crippen LogP contribution in [0.2, 0.25) is 0 Å². The molecule has 0 aliphatic carbocycles. The van der Waals surface area contributed by atoms with E-state index in [1.165, 1.54) is 36.7 Å². The van der Waals surface area contributed by atoms with Crippen molar-refractivity contribution in [2.45, 2.75) is 25.7 Å². The largest absolute Gasteiger partial charge is 0.354 e. The van der Waals surface area contributed by atoms with E-state index in [9.17, 15) is 0 Å². The highest BCUT2D eigenvalue weighted by molar-refractivity contribution is 5.86. The molecule has 0 atom stereocenters. The van der Waals surface area contributed by atoms with Crippen molar-refractivity contribution >= 4 is 16.6 Å². The van der Waals surface area contributed by atoms with E-state index in [1.807, 2.05) is 12.3 Å². The van der Waals surface area contributed by atoms with Gasteiger partial charge >= 0.3 is 0 Å². The van der Waals surface area contributed by atoms with Crippen molar-refractivity contribution in [1.29, 1.82) is 0 Å². The molecular formula is C27H36N4. The van der Waals surface area contributed by atoms with Crippen molar-refractivity contribution in [1.82, 2.24) is 14.8 Å². The normalized spacial score (nSPS) is 18.6. The van der Waals surface area contributed by atoms with Crippen molar-refractivity contribution < 1.29 is 0 Å². The smallest absolute Gasteiger partial charge is 0.128 e. The first-order valence-corrected chi connectivity index (χ1v) is 11.8. The fourth-order valence-corrected chi connectivity index (χ4v) is 4.76. The third-order valence-electron chi connectivity index (χ3n) is 6.77. The molecule has 0 amide bonds. The van der Waals surface area contributed by atoms with E-state index in [4.69, 9.17) is 0 Å². The van der Waals surface area contributed by atoms with Gasteiger partial charge in [-0.3, -0.25) is 0 Å². The fraction of sp³-hybridized carbons (Fsp3) is 0.444. The van der Waals surface area contributed by atoms with Crippen LogP contribution >= 0.6 is 0 Å². The van der Waals surface area contributed by atoms with Gasteiger partial charge in [-0.1, -0.05) is 55.5 Å². The molecule has 0 saturated carbocycles. The summed E-state index contributed by atoms with van der Waals surface area (Å²) in [5.41, 5.74) is 1.55. The SMILES string of the molecule is CCN1CCN(c2ccccn2)CC1.CN1CCC(c2cccc3ccccc23)CC1. The summed E-state index contributed by atoms with van der Waals surface area (Å²) in [5, 5.41) is 2.83. The summed E-state index contributed by atoms with van der Waals surface area (Å²) >= 11 is 0. The number of piperidine rings is 1. The molecule has 3 aromatic rings. The topological polar surface area (TPSA) is 22.6 Å². The molecule has 0 bridgehead atoms. The van der Waals surface area contributed by atoms with Crippen molar-refractivity contribution in [2.24, 2.45) is 0 Å². The number of fused-ring (bicyclic) bond motifs is 1. The predicted molar refractivity (Wildman–Crippen MR) is 132 cm³/mol. The van der Waals surface area contributed by atoms with Gasteiger partial charge in [-0.15, -0.1) is 0 Å². The van der Waals surface area contributed by atoms with Gasteiger partial charge in [0.1, 0.15) is 5.82 Å². The second kappa shape index (κ2) is 10.7. The molecule has 0 N–H and O–H groups in total. The molecule has 0 spiro atoms. The lowest BCUT2D eigenvalue weighted by molar-refractivity contribution is 0.256. The molecule has 2 aromatic carbocycles. The van der Waals surface area contributed by atoms with Crippen LogP contribution in [0.5, 0.6) is 0 Å². The van der Waals surface area contributed by atoms with Gasteiger partial charge in [0.05, 0.1) is 0 Å². The molecule has 0 radical (unpaired) electrons. The van der Waals surface area contributed by atoms with Crippen molar-refractivity contribution in [3.8, 4) is 0 Å². The van der Waals surface area contributed by atoms with E-state index in [2.05, 4.69) is 88.3 Å². The first-order valence-electron chi connectivity index (χ1n) is 11.8. The van der Waals surface area contributed by atoms with E-state index in [-0.39, 0.29) is 0 Å². The van der Waals surface area contributed by atoms with Crippen LogP contribution in [0.25, 0.3) is 10.8 Å². The molecule has 2 fully saturated rings. The summed E-state index contributed by atoms with van der Waals surface area (Å²) in [4.78, 5) is 11.6. The minimum atomic E-state index is 0.747. The highest BCUT2D eigenvalue weighted by Crippen LogP contribution is 2.32. The van der Waals surface area contributed by atoms with E-state index < -0.39 is 0 Å². The molecule has 2 aliphatic heterocycles. The molecule has 2 aliphatic rings. The summed E-state index contributed by atoms with van der Waals surface area (Å²) in [6.07, 6.45) is 4.45. The van der Waals surface area contributed by atoms with Crippen LogP contribution in [0.3, 0.4) is 0 Å². The van der Waals surface area contributed by atoms with Gasteiger partial charge in [0.15, 0.2) is 0 Å². The van der Waals surface area contributed by atoms with Crippen LogP contribution in [0.1, 0.15) is 31.2 Å². The van der Waals surface area contributed by atoms with Crippen LogP contribution in [0.15, 0.2) is 66.9 Å². The lowest BCUT2D eigenvalue weighted by atomic mass is 9.86. The summed E-state index contributed by atoms with van der Waals surface area (Å²) in [5.74, 6) is 1.86. The molecule has 4 heteroatoms. The molecule has 31 heavy (non-hydrogen) atoms. The fourth-order valence-electron chi connectivity index (χ4n) is 4.76. The molecule has 5 rings (SSSR count). The highest BCUT2D eigenvalue weighted by atomic mass is 15.3. The third-order valence-corrected chi connectivity index (χ3v) is 6.77. The van der Waals surface area contributed by atoms with E-state index >= 15 is 0 Å². The van der Waals surface area contributed by atoms with E-state index in [0.717, 1.165) is 44.5 Å². The van der Waals surface area contributed by atoms with E-state index in [0.29, 0.717) is 0 Å². The number of aromatic nitrogens is 1. The molecule has 0 unspecified atom stereocenters. The lowest BCUT2D eigenvalue weighted by Crippen LogP contribution is -2.46. The number of hydrogen-bond acceptors (Lipinski definition) is 4. The molecule has 1 aromatic heterocycles. The predicted octanol–water partition coefficient (Wildman–Crippen LogP) is 4.87. The lowest BCUT2D eigenvalue weighted by Gasteiger charge is -2.34. The summed E-state index contributed by atoms with van der Waals surface area (Å²) in [7, 11) is 2.22. The van der Waals surface area contributed by atoms with Crippen molar-refractivity contribution in [3.05, 3.63) is 72.4 Å². The number of likely N-dealkylation sites (tertiary alicyclic amines) is 1. The van der Waals surface area contributed by atoms with Crippen LogP contribution < -0.4 is 4.90 Å². The van der Waals surface area contributed by atoms with Crippen molar-refractivity contribution in [3.63, 3.8) is 0 Å². The number of likely N-dealkylation sites (N-methyl/N-ethyl adjacent to an activating group) is 1. The Kier molecular flexibility index (Phi) is 7.55. The summed E-state index contributed by atoms with van der Waals surface area (Å²) < 4.78 is 0. The maximum Gasteiger partial charge on any atom is 0.128 e. The Bertz CT molecular complexity index is 921. The Morgan fingerprint density at radius 3 is 2.23 bits per heavy atom. The van der Waals surface area contributed by atoms with Crippen LogP contribution in [-0.2, 0) is 0 Å². The third kappa shape index (κ3) is 5.63. The number of hydrogen-bond donors (Lipinski definition) is 0. The zero-order chi connectivity index (χ0) is 21.5. The average molecular weight is 417 g/mol. The molecule has 164 valence electrons. The Morgan fingerprint density at radius 2 is 1.52 bits per heavy atom. The number of nitrogens with zero attached hydrogens (tertiary/aromatic N) is 4. The summed E-state index contributed by atoms with van der Waals surface area (Å²) in [6, 6.07) is 21.6. The van der Waals surface area contributed by atoms with Crippen LogP contribution in [0, 0.1) is 0 Å². The molecule has 3 heterocycles. The monoisotopic (exact) mass is 416 g/mol. The Hall–Kier alpha value is -2.43. The summed E-state index contributed by atoms with van der Waals surface area (Å²) in [6.45, 7) is 10.4. The Balaban J connectivity index is 0.000000152. The number of rotatable bonds is 3. The maximum absolute atomic E-state index is 4.36. The van der Waals surface area contributed by atoms with Crippen LogP contribution in [-0.4, -0.2) is 67.6 Å². The second-order valence-corrected chi connectivity index (χ2v) is 8.76. The van der Waals surface area contributed by atoms with Gasteiger partial charge in [0.2, 0.25) is 0 Å². The number of piperazine rings is 1. The van der Waals surface area contributed by atoms with Gasteiger partial charge < -0.3 is 14.7 Å². The van der Waals surface area contributed by atoms with E-state index in [1.54, 1.807) is 5.56 Å².